The van der Waals surface area contributed by atoms with E-state index in [1.165, 1.54) is 22.3 Å². The van der Waals surface area contributed by atoms with Crippen molar-refractivity contribution in [1.82, 2.24) is 5.32 Å². The SMILES string of the molecule is COCCNCc1cc(C)c(OCc2ccsc2)c(C)c1. The van der Waals surface area contributed by atoms with E-state index in [9.17, 15) is 0 Å². The first-order valence-electron chi connectivity index (χ1n) is 7.14. The van der Waals surface area contributed by atoms with Gasteiger partial charge in [0, 0.05) is 20.2 Å². The first-order chi connectivity index (χ1) is 10.2. The lowest BCUT2D eigenvalue weighted by molar-refractivity contribution is 0.199. The molecule has 3 nitrogen and oxygen atoms in total. The summed E-state index contributed by atoms with van der Waals surface area (Å²) in [6.45, 7) is 7.31. The van der Waals surface area contributed by atoms with Gasteiger partial charge in [-0.3, -0.25) is 0 Å². The second-order valence-corrected chi connectivity index (χ2v) is 5.93. The van der Waals surface area contributed by atoms with Gasteiger partial charge in [0.2, 0.25) is 0 Å². The maximum Gasteiger partial charge on any atom is 0.125 e. The Morgan fingerprint density at radius 2 is 1.90 bits per heavy atom. The Morgan fingerprint density at radius 1 is 1.14 bits per heavy atom. The summed E-state index contributed by atoms with van der Waals surface area (Å²) in [6, 6.07) is 6.48. The summed E-state index contributed by atoms with van der Waals surface area (Å²) in [5.41, 5.74) is 4.88. The molecule has 1 aromatic carbocycles. The highest BCUT2D eigenvalue weighted by atomic mass is 32.1. The van der Waals surface area contributed by atoms with Crippen LogP contribution < -0.4 is 10.1 Å². The van der Waals surface area contributed by atoms with E-state index in [1.807, 2.05) is 0 Å². The van der Waals surface area contributed by atoms with Crippen LogP contribution in [0.1, 0.15) is 22.3 Å². The molecule has 0 unspecified atom stereocenters. The van der Waals surface area contributed by atoms with E-state index in [0.29, 0.717) is 6.61 Å². The number of hydrogen-bond donors (Lipinski definition) is 1. The van der Waals surface area contributed by atoms with E-state index in [0.717, 1.165) is 25.4 Å². The highest BCUT2D eigenvalue weighted by Crippen LogP contribution is 2.26. The number of hydrogen-bond acceptors (Lipinski definition) is 4. The minimum atomic E-state index is 0.636. The minimum Gasteiger partial charge on any atom is -0.488 e. The van der Waals surface area contributed by atoms with Gasteiger partial charge in [-0.1, -0.05) is 12.1 Å². The molecule has 2 rings (SSSR count). The number of ether oxygens (including phenoxy) is 2. The van der Waals surface area contributed by atoms with Crippen molar-refractivity contribution in [3.8, 4) is 5.75 Å². The maximum atomic E-state index is 5.98. The summed E-state index contributed by atoms with van der Waals surface area (Å²) < 4.78 is 11.0. The van der Waals surface area contributed by atoms with Crippen LogP contribution in [0.4, 0.5) is 0 Å². The van der Waals surface area contributed by atoms with Crippen LogP contribution in [0.25, 0.3) is 0 Å². The zero-order valence-electron chi connectivity index (χ0n) is 12.9. The largest absolute Gasteiger partial charge is 0.488 e. The Morgan fingerprint density at radius 3 is 2.52 bits per heavy atom. The van der Waals surface area contributed by atoms with Crippen LogP contribution in [0.5, 0.6) is 5.75 Å². The molecular weight excluding hydrogens is 282 g/mol. The summed E-state index contributed by atoms with van der Waals surface area (Å²) in [5.74, 6) is 1.00. The molecule has 1 N–H and O–H groups in total. The molecule has 0 aliphatic rings. The number of thiophene rings is 1. The number of nitrogens with one attached hydrogen (secondary N) is 1. The van der Waals surface area contributed by atoms with Gasteiger partial charge in [-0.25, -0.2) is 0 Å². The predicted octanol–water partition coefficient (Wildman–Crippen LogP) is 3.68. The van der Waals surface area contributed by atoms with Gasteiger partial charge in [0.05, 0.1) is 6.61 Å². The van der Waals surface area contributed by atoms with Gasteiger partial charge in [-0.2, -0.15) is 11.3 Å². The molecule has 0 spiro atoms. The van der Waals surface area contributed by atoms with Gasteiger partial charge in [0.25, 0.3) is 0 Å². The number of methoxy groups -OCH3 is 1. The van der Waals surface area contributed by atoms with E-state index < -0.39 is 0 Å². The molecule has 0 radical (unpaired) electrons. The smallest absolute Gasteiger partial charge is 0.125 e. The van der Waals surface area contributed by atoms with Crippen LogP contribution >= 0.6 is 11.3 Å². The van der Waals surface area contributed by atoms with Gasteiger partial charge in [-0.15, -0.1) is 0 Å². The molecule has 0 aliphatic carbocycles. The quantitative estimate of drug-likeness (QED) is 0.755. The predicted molar refractivity (Wildman–Crippen MR) is 88.1 cm³/mol. The maximum absolute atomic E-state index is 5.98. The number of benzene rings is 1. The number of rotatable bonds is 8. The minimum absolute atomic E-state index is 0.636. The fraction of sp³-hybridized carbons (Fsp3) is 0.412. The van der Waals surface area contributed by atoms with Crippen LogP contribution in [0.15, 0.2) is 29.0 Å². The molecular formula is C17H23NO2S. The molecule has 0 saturated carbocycles. The highest BCUT2D eigenvalue weighted by Gasteiger charge is 2.07. The third kappa shape index (κ3) is 4.84. The standard InChI is InChI=1S/C17H23NO2S/c1-13-8-16(10-18-5-6-19-3)9-14(2)17(13)20-11-15-4-7-21-12-15/h4,7-9,12,18H,5-6,10-11H2,1-3H3. The Bertz CT molecular complexity index is 529. The molecule has 0 aliphatic heterocycles. The molecule has 1 heterocycles. The van der Waals surface area contributed by atoms with E-state index in [1.54, 1.807) is 18.4 Å². The second kappa shape index (κ2) is 8.17. The molecule has 0 fully saturated rings. The Kier molecular flexibility index (Phi) is 6.23. The van der Waals surface area contributed by atoms with Crippen molar-refractivity contribution >= 4 is 11.3 Å². The van der Waals surface area contributed by atoms with Crippen LogP contribution in [0.2, 0.25) is 0 Å². The molecule has 0 saturated heterocycles. The fourth-order valence-electron chi connectivity index (χ4n) is 2.31. The van der Waals surface area contributed by atoms with Gasteiger partial charge in [0.15, 0.2) is 0 Å². The zero-order chi connectivity index (χ0) is 15.1. The Labute approximate surface area is 130 Å². The Balaban J connectivity index is 1.96. The monoisotopic (exact) mass is 305 g/mol. The van der Waals surface area contributed by atoms with Crippen molar-refractivity contribution in [1.29, 1.82) is 0 Å². The first-order valence-corrected chi connectivity index (χ1v) is 8.08. The molecule has 0 amide bonds. The van der Waals surface area contributed by atoms with Crippen molar-refractivity contribution in [2.45, 2.75) is 27.0 Å². The molecule has 1 aromatic heterocycles. The summed E-state index contributed by atoms with van der Waals surface area (Å²) in [5, 5.41) is 7.57. The van der Waals surface area contributed by atoms with Gasteiger partial charge < -0.3 is 14.8 Å². The van der Waals surface area contributed by atoms with E-state index >= 15 is 0 Å². The number of aryl methyl sites for hydroxylation is 2. The fourth-order valence-corrected chi connectivity index (χ4v) is 2.96. The van der Waals surface area contributed by atoms with Gasteiger partial charge >= 0.3 is 0 Å². The van der Waals surface area contributed by atoms with Crippen molar-refractivity contribution in [2.24, 2.45) is 0 Å². The molecule has 2 aromatic rings. The van der Waals surface area contributed by atoms with Crippen LogP contribution in [0.3, 0.4) is 0 Å². The third-order valence-electron chi connectivity index (χ3n) is 3.30. The molecule has 0 bridgehead atoms. The summed E-state index contributed by atoms with van der Waals surface area (Å²) in [4.78, 5) is 0. The normalized spacial score (nSPS) is 10.8. The second-order valence-electron chi connectivity index (χ2n) is 5.15. The summed E-state index contributed by atoms with van der Waals surface area (Å²) in [7, 11) is 1.72. The zero-order valence-corrected chi connectivity index (χ0v) is 13.8. The summed E-state index contributed by atoms with van der Waals surface area (Å²) in [6.07, 6.45) is 0. The van der Waals surface area contributed by atoms with E-state index in [4.69, 9.17) is 9.47 Å². The van der Waals surface area contributed by atoms with Crippen LogP contribution in [0, 0.1) is 13.8 Å². The van der Waals surface area contributed by atoms with Gasteiger partial charge in [-0.05, 0) is 52.9 Å². The van der Waals surface area contributed by atoms with Crippen LogP contribution in [-0.4, -0.2) is 20.3 Å². The van der Waals surface area contributed by atoms with Crippen molar-refractivity contribution in [3.63, 3.8) is 0 Å². The lowest BCUT2D eigenvalue weighted by atomic mass is 10.1. The van der Waals surface area contributed by atoms with Gasteiger partial charge in [0.1, 0.15) is 12.4 Å². The summed E-state index contributed by atoms with van der Waals surface area (Å²) >= 11 is 1.70. The lowest BCUT2D eigenvalue weighted by Gasteiger charge is -2.14. The Hall–Kier alpha value is -1.36. The third-order valence-corrected chi connectivity index (χ3v) is 4.03. The van der Waals surface area contributed by atoms with Crippen molar-refractivity contribution in [2.75, 3.05) is 20.3 Å². The van der Waals surface area contributed by atoms with Crippen molar-refractivity contribution in [3.05, 3.63) is 51.2 Å². The van der Waals surface area contributed by atoms with Crippen LogP contribution in [-0.2, 0) is 17.9 Å². The molecule has 21 heavy (non-hydrogen) atoms. The highest BCUT2D eigenvalue weighted by molar-refractivity contribution is 7.07. The van der Waals surface area contributed by atoms with Crippen molar-refractivity contribution < 1.29 is 9.47 Å². The first kappa shape index (κ1) is 16.0. The average molecular weight is 305 g/mol. The van der Waals surface area contributed by atoms with E-state index in [-0.39, 0.29) is 0 Å². The molecule has 4 heteroatoms. The lowest BCUT2D eigenvalue weighted by Crippen LogP contribution is -2.18. The molecule has 0 atom stereocenters. The molecule has 114 valence electrons. The topological polar surface area (TPSA) is 30.5 Å². The van der Waals surface area contributed by atoms with E-state index in [2.05, 4.69) is 48.1 Å². The average Bonchev–Trinajstić information content (AvgIpc) is 2.96.